The number of hydrogen-bond acceptors (Lipinski definition) is 3. The van der Waals surface area contributed by atoms with Crippen LogP contribution >= 0.6 is 27.5 Å². The van der Waals surface area contributed by atoms with Gasteiger partial charge in [0.15, 0.2) is 0 Å². The summed E-state index contributed by atoms with van der Waals surface area (Å²) in [6, 6.07) is 0. The van der Waals surface area contributed by atoms with Gasteiger partial charge < -0.3 is 10.1 Å². The smallest absolute Gasteiger partial charge is 0.230 e. The summed E-state index contributed by atoms with van der Waals surface area (Å²) in [5.41, 5.74) is 0. The van der Waals surface area contributed by atoms with Gasteiger partial charge in [-0.3, -0.25) is 9.69 Å². The Morgan fingerprint density at radius 1 is 1.47 bits per heavy atom. The first-order chi connectivity index (χ1) is 7.33. The van der Waals surface area contributed by atoms with E-state index in [4.69, 9.17) is 4.74 Å². The fourth-order valence-corrected chi connectivity index (χ4v) is 1.42. The molecule has 1 saturated heterocycles. The quantitative estimate of drug-likeness (QED) is 0.777. The van der Waals surface area contributed by atoms with Gasteiger partial charge in [-0.2, -0.15) is 0 Å². The minimum absolute atomic E-state index is 0.0493. The molecule has 0 aliphatic carbocycles. The molecule has 0 unspecified atom stereocenters. The number of amides is 1. The highest BCUT2D eigenvalue weighted by atomic mass is 79.9. The van der Waals surface area contributed by atoms with Gasteiger partial charge in [0.25, 0.3) is 0 Å². The zero-order chi connectivity index (χ0) is 11.5. The Labute approximate surface area is 104 Å². The molecule has 90 valence electrons. The van der Waals surface area contributed by atoms with Crippen LogP contribution in [0.25, 0.3) is 0 Å². The minimum Gasteiger partial charge on any atom is -0.379 e. The van der Waals surface area contributed by atoms with Crippen LogP contribution in [0.4, 0.5) is 0 Å². The number of morpholine rings is 1. The minimum atomic E-state index is 0.0493. The Kier molecular flexibility index (Phi) is 10.8. The predicted molar refractivity (Wildman–Crippen MR) is 65.8 cm³/mol. The number of alkyl halides is 2. The molecule has 0 aromatic rings. The Hall–Kier alpha value is 0.160. The summed E-state index contributed by atoms with van der Waals surface area (Å²) in [6.07, 6.45) is 1.47. The van der Waals surface area contributed by atoms with E-state index in [-0.39, 0.29) is 5.91 Å². The second kappa shape index (κ2) is 10.7. The maximum atomic E-state index is 10.9. The van der Waals surface area contributed by atoms with Crippen LogP contribution < -0.4 is 5.32 Å². The zero-order valence-electron chi connectivity index (χ0n) is 8.97. The van der Waals surface area contributed by atoms with Crippen LogP contribution in [0.3, 0.4) is 0 Å². The van der Waals surface area contributed by atoms with Crippen LogP contribution in [0.1, 0.15) is 0 Å². The van der Waals surface area contributed by atoms with Crippen LogP contribution in [0.15, 0.2) is 0 Å². The monoisotopic (exact) mass is 300 g/mol. The lowest BCUT2D eigenvalue weighted by atomic mass is 10.4. The first-order valence-electron chi connectivity index (χ1n) is 4.83. The molecule has 1 aliphatic heterocycles. The van der Waals surface area contributed by atoms with Gasteiger partial charge in [0.2, 0.25) is 5.91 Å². The van der Waals surface area contributed by atoms with E-state index in [2.05, 4.69) is 37.7 Å². The first kappa shape index (κ1) is 15.2. The topological polar surface area (TPSA) is 41.6 Å². The maximum absolute atomic E-state index is 10.9. The van der Waals surface area contributed by atoms with Crippen molar-refractivity contribution in [3.8, 4) is 0 Å². The SMILES string of the molecule is CCl.O=C(CBr)NCCN1CCOCC1. The number of ether oxygens (including phenoxy) is 1. The summed E-state index contributed by atoms with van der Waals surface area (Å²) in [5.74, 6) is 0.0493. The molecule has 1 fully saturated rings. The summed E-state index contributed by atoms with van der Waals surface area (Å²) >= 11 is 7.73. The van der Waals surface area contributed by atoms with Crippen LogP contribution in [-0.4, -0.2) is 61.9 Å². The molecule has 1 aliphatic rings. The molecule has 0 bridgehead atoms. The molecule has 1 N–H and O–H groups in total. The Balaban J connectivity index is 0.000000921. The molecule has 0 aromatic heterocycles. The van der Waals surface area contributed by atoms with Gasteiger partial charge in [-0.05, 0) is 0 Å². The molecular formula is C9H18BrClN2O2. The molecule has 6 heteroatoms. The molecule has 0 aromatic carbocycles. The van der Waals surface area contributed by atoms with E-state index in [1.807, 2.05) is 0 Å². The largest absolute Gasteiger partial charge is 0.379 e. The van der Waals surface area contributed by atoms with Crippen molar-refractivity contribution in [2.24, 2.45) is 0 Å². The number of hydrogen-bond donors (Lipinski definition) is 1. The number of rotatable bonds is 4. The Bertz CT molecular complexity index is 166. The number of nitrogens with zero attached hydrogens (tertiary/aromatic N) is 1. The van der Waals surface area contributed by atoms with E-state index in [1.54, 1.807) is 0 Å². The van der Waals surface area contributed by atoms with E-state index >= 15 is 0 Å². The van der Waals surface area contributed by atoms with E-state index in [9.17, 15) is 4.79 Å². The lowest BCUT2D eigenvalue weighted by molar-refractivity contribution is -0.118. The van der Waals surface area contributed by atoms with Gasteiger partial charge in [-0.15, -0.1) is 11.6 Å². The lowest BCUT2D eigenvalue weighted by Gasteiger charge is -2.26. The fraction of sp³-hybridized carbons (Fsp3) is 0.889. The van der Waals surface area contributed by atoms with E-state index < -0.39 is 0 Å². The highest BCUT2D eigenvalue weighted by molar-refractivity contribution is 9.09. The summed E-state index contributed by atoms with van der Waals surface area (Å²) in [4.78, 5) is 13.1. The average Bonchev–Trinajstić information content (AvgIpc) is 2.33. The number of carbonyl (C=O) groups excluding carboxylic acids is 1. The van der Waals surface area contributed by atoms with E-state index in [1.165, 1.54) is 6.38 Å². The molecule has 0 spiro atoms. The summed E-state index contributed by atoms with van der Waals surface area (Å²) in [6.45, 7) is 5.22. The molecule has 1 heterocycles. The zero-order valence-corrected chi connectivity index (χ0v) is 11.3. The van der Waals surface area contributed by atoms with Gasteiger partial charge >= 0.3 is 0 Å². The van der Waals surface area contributed by atoms with E-state index in [0.717, 1.165) is 39.4 Å². The molecule has 0 radical (unpaired) electrons. The third-order valence-corrected chi connectivity index (χ3v) is 2.48. The molecule has 0 saturated carbocycles. The Morgan fingerprint density at radius 3 is 2.60 bits per heavy atom. The van der Waals surface area contributed by atoms with Crippen LogP contribution in [0, 0.1) is 0 Å². The van der Waals surface area contributed by atoms with Crippen molar-refractivity contribution in [2.45, 2.75) is 0 Å². The second-order valence-electron chi connectivity index (χ2n) is 2.94. The van der Waals surface area contributed by atoms with Crippen molar-refractivity contribution in [2.75, 3.05) is 51.1 Å². The van der Waals surface area contributed by atoms with Crippen molar-refractivity contribution in [3.05, 3.63) is 0 Å². The predicted octanol–water partition coefficient (Wildman–Crippen LogP) is 0.685. The van der Waals surface area contributed by atoms with Crippen molar-refractivity contribution >= 4 is 33.4 Å². The maximum Gasteiger partial charge on any atom is 0.230 e. The summed E-state index contributed by atoms with van der Waals surface area (Å²) in [7, 11) is 0. The van der Waals surface area contributed by atoms with E-state index in [0.29, 0.717) is 5.33 Å². The van der Waals surface area contributed by atoms with Crippen LogP contribution in [-0.2, 0) is 9.53 Å². The van der Waals surface area contributed by atoms with Crippen molar-refractivity contribution < 1.29 is 9.53 Å². The molecule has 4 nitrogen and oxygen atoms in total. The molecular weight excluding hydrogens is 283 g/mol. The first-order valence-corrected chi connectivity index (χ1v) is 6.71. The molecule has 1 rings (SSSR count). The van der Waals surface area contributed by atoms with Crippen molar-refractivity contribution in [1.29, 1.82) is 0 Å². The van der Waals surface area contributed by atoms with Gasteiger partial charge in [0, 0.05) is 32.6 Å². The van der Waals surface area contributed by atoms with Gasteiger partial charge in [-0.1, -0.05) is 15.9 Å². The second-order valence-corrected chi connectivity index (χ2v) is 3.50. The van der Waals surface area contributed by atoms with Gasteiger partial charge in [0.05, 0.1) is 18.5 Å². The normalized spacial score (nSPS) is 16.5. The molecule has 1 amide bonds. The summed E-state index contributed by atoms with van der Waals surface area (Å²) in [5, 5.41) is 3.20. The number of halogens is 2. The van der Waals surface area contributed by atoms with Crippen molar-refractivity contribution in [3.63, 3.8) is 0 Å². The lowest BCUT2D eigenvalue weighted by Crippen LogP contribution is -2.41. The highest BCUT2D eigenvalue weighted by Crippen LogP contribution is 1.94. The average molecular weight is 302 g/mol. The van der Waals surface area contributed by atoms with Crippen LogP contribution in [0.2, 0.25) is 0 Å². The highest BCUT2D eigenvalue weighted by Gasteiger charge is 2.09. The third kappa shape index (κ3) is 8.02. The fourth-order valence-electron chi connectivity index (χ4n) is 1.23. The van der Waals surface area contributed by atoms with Gasteiger partial charge in [0.1, 0.15) is 0 Å². The molecule has 15 heavy (non-hydrogen) atoms. The number of nitrogens with one attached hydrogen (secondary N) is 1. The Morgan fingerprint density at radius 2 is 2.07 bits per heavy atom. The number of carbonyl (C=O) groups is 1. The van der Waals surface area contributed by atoms with Gasteiger partial charge in [-0.25, -0.2) is 0 Å². The van der Waals surface area contributed by atoms with Crippen LogP contribution in [0.5, 0.6) is 0 Å². The van der Waals surface area contributed by atoms with Crippen molar-refractivity contribution in [1.82, 2.24) is 10.2 Å². The summed E-state index contributed by atoms with van der Waals surface area (Å²) < 4.78 is 5.21. The standard InChI is InChI=1S/C8H15BrN2O2.CH3Cl/c9-7-8(12)10-1-2-11-3-5-13-6-4-11;1-2/h1-7H2,(H,10,12);1H3. The molecule has 0 atom stereocenters. The third-order valence-electron chi connectivity index (χ3n) is 1.98.